The van der Waals surface area contributed by atoms with Gasteiger partial charge in [0.15, 0.2) is 0 Å². The molecular formula is C18H34N4O3. The van der Waals surface area contributed by atoms with Crippen molar-refractivity contribution in [3.63, 3.8) is 0 Å². The molecule has 0 aromatic heterocycles. The van der Waals surface area contributed by atoms with Gasteiger partial charge in [-0.3, -0.25) is 4.90 Å². The summed E-state index contributed by atoms with van der Waals surface area (Å²) in [6.45, 7) is 12.6. The summed E-state index contributed by atoms with van der Waals surface area (Å²) in [7, 11) is 0. The second-order valence-corrected chi connectivity index (χ2v) is 7.42. The van der Waals surface area contributed by atoms with Crippen molar-refractivity contribution in [3.05, 3.63) is 0 Å². The van der Waals surface area contributed by atoms with Crippen LogP contribution in [0.3, 0.4) is 0 Å². The van der Waals surface area contributed by atoms with E-state index in [-0.39, 0.29) is 18.2 Å². The standard InChI is InChI=1S/C18H34N4O3/c1-4-25-18(24)22-9-6-16(7-10-22)19-17(23)21-13-11-20(12-14-21)8-5-15(2)3/h15-16H,4-14H2,1-3H3,(H,19,23). The van der Waals surface area contributed by atoms with Crippen molar-refractivity contribution in [1.82, 2.24) is 20.0 Å². The van der Waals surface area contributed by atoms with Gasteiger partial charge in [0, 0.05) is 45.3 Å². The molecule has 0 spiro atoms. The largest absolute Gasteiger partial charge is 0.450 e. The Morgan fingerprint density at radius 1 is 1.04 bits per heavy atom. The van der Waals surface area contributed by atoms with Crippen LogP contribution in [-0.4, -0.2) is 85.3 Å². The fourth-order valence-electron chi connectivity index (χ4n) is 3.30. The minimum Gasteiger partial charge on any atom is -0.450 e. The van der Waals surface area contributed by atoms with E-state index in [0.717, 1.165) is 51.5 Å². The second kappa shape index (κ2) is 9.85. The first-order valence-electron chi connectivity index (χ1n) is 9.69. The summed E-state index contributed by atoms with van der Waals surface area (Å²) < 4.78 is 5.02. The molecule has 0 aromatic rings. The number of carbonyl (C=O) groups is 2. The predicted molar refractivity (Wildman–Crippen MR) is 97.6 cm³/mol. The van der Waals surface area contributed by atoms with Crippen molar-refractivity contribution in [1.29, 1.82) is 0 Å². The van der Waals surface area contributed by atoms with Crippen LogP contribution in [0, 0.1) is 5.92 Å². The van der Waals surface area contributed by atoms with Gasteiger partial charge in [0.2, 0.25) is 0 Å². The third kappa shape index (κ3) is 6.38. The average molecular weight is 354 g/mol. The molecule has 0 saturated carbocycles. The molecule has 2 aliphatic rings. The van der Waals surface area contributed by atoms with Gasteiger partial charge in [-0.05, 0) is 38.6 Å². The summed E-state index contributed by atoms with van der Waals surface area (Å²) in [5.41, 5.74) is 0. The van der Waals surface area contributed by atoms with Crippen LogP contribution in [0.25, 0.3) is 0 Å². The van der Waals surface area contributed by atoms with Gasteiger partial charge >= 0.3 is 12.1 Å². The fourth-order valence-corrected chi connectivity index (χ4v) is 3.30. The van der Waals surface area contributed by atoms with Gasteiger partial charge in [-0.15, -0.1) is 0 Å². The highest BCUT2D eigenvalue weighted by Gasteiger charge is 2.27. The Bertz CT molecular complexity index is 428. The molecule has 0 radical (unpaired) electrons. The van der Waals surface area contributed by atoms with E-state index in [1.807, 2.05) is 11.8 Å². The van der Waals surface area contributed by atoms with Gasteiger partial charge < -0.3 is 19.9 Å². The van der Waals surface area contributed by atoms with Crippen LogP contribution in [0.4, 0.5) is 9.59 Å². The Kier molecular flexibility index (Phi) is 7.81. The van der Waals surface area contributed by atoms with E-state index in [0.29, 0.717) is 19.7 Å². The van der Waals surface area contributed by atoms with Crippen LogP contribution in [0.2, 0.25) is 0 Å². The number of amides is 3. The molecule has 2 saturated heterocycles. The summed E-state index contributed by atoms with van der Waals surface area (Å²) in [5.74, 6) is 0.724. The summed E-state index contributed by atoms with van der Waals surface area (Å²) in [6.07, 6.45) is 2.55. The lowest BCUT2D eigenvalue weighted by Gasteiger charge is -2.37. The monoisotopic (exact) mass is 354 g/mol. The summed E-state index contributed by atoms with van der Waals surface area (Å²) in [5, 5.41) is 3.13. The van der Waals surface area contributed by atoms with Crippen molar-refractivity contribution >= 4 is 12.1 Å². The van der Waals surface area contributed by atoms with E-state index < -0.39 is 0 Å². The molecule has 0 bridgehead atoms. The Morgan fingerprint density at radius 2 is 1.68 bits per heavy atom. The van der Waals surface area contributed by atoms with Crippen molar-refractivity contribution in [2.24, 2.45) is 5.92 Å². The number of piperidine rings is 1. The Hall–Kier alpha value is -1.50. The van der Waals surface area contributed by atoms with E-state index in [4.69, 9.17) is 4.74 Å². The molecule has 144 valence electrons. The Balaban J connectivity index is 1.65. The number of piperazine rings is 1. The maximum atomic E-state index is 12.4. The van der Waals surface area contributed by atoms with E-state index in [1.54, 1.807) is 4.90 Å². The highest BCUT2D eigenvalue weighted by Crippen LogP contribution is 2.13. The molecule has 0 atom stereocenters. The van der Waals surface area contributed by atoms with E-state index in [2.05, 4.69) is 24.1 Å². The molecule has 2 aliphatic heterocycles. The number of nitrogens with zero attached hydrogens (tertiary/aromatic N) is 3. The van der Waals surface area contributed by atoms with E-state index in [1.165, 1.54) is 6.42 Å². The maximum Gasteiger partial charge on any atom is 0.409 e. The van der Waals surface area contributed by atoms with Crippen LogP contribution in [0.1, 0.15) is 40.0 Å². The highest BCUT2D eigenvalue weighted by molar-refractivity contribution is 5.74. The molecular weight excluding hydrogens is 320 g/mol. The van der Waals surface area contributed by atoms with Crippen molar-refractivity contribution in [2.75, 3.05) is 52.4 Å². The quantitative estimate of drug-likeness (QED) is 0.820. The zero-order chi connectivity index (χ0) is 18.2. The summed E-state index contributed by atoms with van der Waals surface area (Å²) >= 11 is 0. The minimum absolute atomic E-state index is 0.0399. The SMILES string of the molecule is CCOC(=O)N1CCC(NC(=O)N2CCN(CCC(C)C)CC2)CC1. The lowest BCUT2D eigenvalue weighted by atomic mass is 10.1. The summed E-state index contributed by atoms with van der Waals surface area (Å²) in [6, 6.07) is 0.190. The molecule has 25 heavy (non-hydrogen) atoms. The molecule has 3 amide bonds. The van der Waals surface area contributed by atoms with Gasteiger partial charge in [-0.1, -0.05) is 13.8 Å². The molecule has 2 rings (SSSR count). The number of ether oxygens (including phenoxy) is 1. The summed E-state index contributed by atoms with van der Waals surface area (Å²) in [4.78, 5) is 30.2. The van der Waals surface area contributed by atoms with E-state index in [9.17, 15) is 9.59 Å². The predicted octanol–water partition coefficient (Wildman–Crippen LogP) is 1.98. The molecule has 0 unspecified atom stereocenters. The number of carbonyl (C=O) groups excluding carboxylic acids is 2. The first kappa shape index (κ1) is 19.8. The molecule has 7 nitrogen and oxygen atoms in total. The third-order valence-electron chi connectivity index (χ3n) is 5.03. The smallest absolute Gasteiger partial charge is 0.409 e. The van der Waals surface area contributed by atoms with Gasteiger partial charge in [0.05, 0.1) is 6.61 Å². The first-order valence-corrected chi connectivity index (χ1v) is 9.69. The van der Waals surface area contributed by atoms with Crippen LogP contribution in [-0.2, 0) is 4.74 Å². The van der Waals surface area contributed by atoms with Crippen LogP contribution in [0.5, 0.6) is 0 Å². The zero-order valence-electron chi connectivity index (χ0n) is 16.0. The lowest BCUT2D eigenvalue weighted by molar-refractivity contribution is 0.0940. The Morgan fingerprint density at radius 3 is 2.24 bits per heavy atom. The molecule has 0 aromatic carbocycles. The molecule has 1 N–H and O–H groups in total. The number of nitrogens with one attached hydrogen (secondary N) is 1. The lowest BCUT2D eigenvalue weighted by Crippen LogP contribution is -2.55. The van der Waals surface area contributed by atoms with Gasteiger partial charge in [-0.2, -0.15) is 0 Å². The van der Waals surface area contributed by atoms with E-state index >= 15 is 0 Å². The fraction of sp³-hybridized carbons (Fsp3) is 0.889. The zero-order valence-corrected chi connectivity index (χ0v) is 16.0. The highest BCUT2D eigenvalue weighted by atomic mass is 16.6. The number of hydrogen-bond donors (Lipinski definition) is 1. The first-order chi connectivity index (χ1) is 12.0. The van der Waals surface area contributed by atoms with Crippen molar-refractivity contribution in [3.8, 4) is 0 Å². The number of rotatable bonds is 5. The van der Waals surface area contributed by atoms with Crippen LogP contribution >= 0.6 is 0 Å². The molecule has 7 heteroatoms. The van der Waals surface area contributed by atoms with Crippen LogP contribution in [0.15, 0.2) is 0 Å². The van der Waals surface area contributed by atoms with Crippen molar-refractivity contribution < 1.29 is 14.3 Å². The van der Waals surface area contributed by atoms with Crippen molar-refractivity contribution in [2.45, 2.75) is 46.1 Å². The van der Waals surface area contributed by atoms with Gasteiger partial charge in [-0.25, -0.2) is 9.59 Å². The minimum atomic E-state index is -0.246. The number of hydrogen-bond acceptors (Lipinski definition) is 4. The number of urea groups is 1. The van der Waals surface area contributed by atoms with Gasteiger partial charge in [0.25, 0.3) is 0 Å². The third-order valence-corrected chi connectivity index (χ3v) is 5.03. The molecule has 2 fully saturated rings. The Labute approximate surface area is 151 Å². The van der Waals surface area contributed by atoms with Crippen LogP contribution < -0.4 is 5.32 Å². The molecule has 2 heterocycles. The maximum absolute atomic E-state index is 12.4. The number of likely N-dealkylation sites (tertiary alicyclic amines) is 1. The molecule has 0 aliphatic carbocycles. The average Bonchev–Trinajstić information content (AvgIpc) is 2.61. The van der Waals surface area contributed by atoms with Gasteiger partial charge in [0.1, 0.15) is 0 Å². The second-order valence-electron chi connectivity index (χ2n) is 7.42. The normalized spacial score (nSPS) is 20.0. The topological polar surface area (TPSA) is 65.1 Å².